The molecule has 168 valence electrons. The third-order valence-corrected chi connectivity index (χ3v) is 7.22. The first-order valence-corrected chi connectivity index (χ1v) is 12.1. The van der Waals surface area contributed by atoms with Gasteiger partial charge in [0, 0.05) is 50.7 Å². The Labute approximate surface area is 189 Å². The topological polar surface area (TPSA) is 53.8 Å². The molecule has 2 aliphatic heterocycles. The molecule has 0 spiro atoms. The number of ether oxygens (including phenoxy) is 1. The van der Waals surface area contributed by atoms with E-state index in [0.717, 1.165) is 67.9 Å². The van der Waals surface area contributed by atoms with Crippen molar-refractivity contribution in [2.45, 2.75) is 44.3 Å². The van der Waals surface area contributed by atoms with E-state index in [1.807, 2.05) is 12.1 Å². The molecular weight excluding hydrogens is 400 g/mol. The monoisotopic (exact) mass is 432 g/mol. The number of piperazine rings is 1. The summed E-state index contributed by atoms with van der Waals surface area (Å²) in [5.74, 6) is 2.60. The molecule has 0 bridgehead atoms. The molecule has 6 rings (SSSR count). The second-order valence-electron chi connectivity index (χ2n) is 9.65. The van der Waals surface area contributed by atoms with E-state index >= 15 is 0 Å². The number of benzene rings is 2. The first kappa shape index (κ1) is 20.1. The lowest BCUT2D eigenvalue weighted by Crippen LogP contribution is -2.57. The number of para-hydroxylation sites is 1. The van der Waals surface area contributed by atoms with Gasteiger partial charge in [0.05, 0.1) is 12.0 Å². The number of nitrogens with zero attached hydrogens (tertiary/aromatic N) is 3. The van der Waals surface area contributed by atoms with Crippen molar-refractivity contribution in [3.63, 3.8) is 0 Å². The fourth-order valence-electron chi connectivity index (χ4n) is 5.20. The van der Waals surface area contributed by atoms with Gasteiger partial charge in [-0.25, -0.2) is 0 Å². The Morgan fingerprint density at radius 2 is 1.94 bits per heavy atom. The fraction of sp³-hybridized carbons (Fsp3) is 0.500. The van der Waals surface area contributed by atoms with Gasteiger partial charge >= 0.3 is 0 Å². The lowest BCUT2D eigenvalue weighted by molar-refractivity contribution is 0.0726. The van der Waals surface area contributed by atoms with E-state index in [2.05, 4.69) is 56.7 Å². The molecule has 2 saturated heterocycles. The highest BCUT2D eigenvalue weighted by atomic mass is 16.5. The van der Waals surface area contributed by atoms with Gasteiger partial charge in [0.25, 0.3) is 0 Å². The van der Waals surface area contributed by atoms with Crippen molar-refractivity contribution >= 4 is 16.8 Å². The summed E-state index contributed by atoms with van der Waals surface area (Å²) in [4.78, 5) is 5.07. The van der Waals surface area contributed by atoms with Gasteiger partial charge in [-0.1, -0.05) is 29.4 Å². The maximum atomic E-state index is 6.23. The van der Waals surface area contributed by atoms with Gasteiger partial charge in [-0.05, 0) is 55.5 Å². The van der Waals surface area contributed by atoms with Crippen LogP contribution in [0.3, 0.4) is 0 Å². The molecule has 2 aromatic carbocycles. The Balaban J connectivity index is 1.02. The zero-order chi connectivity index (χ0) is 21.3. The predicted octanol–water partition coefficient (Wildman–Crippen LogP) is 4.06. The Hall–Kier alpha value is -2.57. The van der Waals surface area contributed by atoms with Crippen LogP contribution in [0, 0.1) is 5.92 Å². The molecule has 1 aromatic heterocycles. The number of nitrogens with one attached hydrogen (secondary N) is 1. The quantitative estimate of drug-likeness (QED) is 0.608. The molecule has 1 N–H and O–H groups in total. The molecule has 2 atom stereocenters. The largest absolute Gasteiger partial charge is 0.493 e. The molecule has 0 amide bonds. The van der Waals surface area contributed by atoms with Crippen molar-refractivity contribution in [2.24, 2.45) is 5.92 Å². The summed E-state index contributed by atoms with van der Waals surface area (Å²) in [7, 11) is 0. The normalized spacial score (nSPS) is 23.9. The van der Waals surface area contributed by atoms with E-state index in [1.54, 1.807) is 0 Å². The molecule has 1 aliphatic carbocycles. The summed E-state index contributed by atoms with van der Waals surface area (Å²) in [6, 6.07) is 18.1. The first-order chi connectivity index (χ1) is 15.8. The molecule has 3 fully saturated rings. The van der Waals surface area contributed by atoms with E-state index in [9.17, 15) is 0 Å². The highest BCUT2D eigenvalue weighted by molar-refractivity contribution is 5.88. The molecule has 3 aromatic rings. The van der Waals surface area contributed by atoms with E-state index < -0.39 is 0 Å². The van der Waals surface area contributed by atoms with Crippen LogP contribution in [0.25, 0.3) is 11.0 Å². The lowest BCUT2D eigenvalue weighted by Gasteiger charge is -2.46. The summed E-state index contributed by atoms with van der Waals surface area (Å²) in [6.07, 6.45) is 5.08. The summed E-state index contributed by atoms with van der Waals surface area (Å²) >= 11 is 0. The number of fused-ring (bicyclic) bond motifs is 2. The fourth-order valence-corrected chi connectivity index (χ4v) is 5.20. The Bertz CT molecular complexity index is 1060. The molecule has 3 heterocycles. The number of aromatic nitrogens is 1. The van der Waals surface area contributed by atoms with Crippen LogP contribution < -0.4 is 15.0 Å². The molecule has 32 heavy (non-hydrogen) atoms. The van der Waals surface area contributed by atoms with E-state index in [-0.39, 0.29) is 0 Å². The molecule has 3 aliphatic rings. The minimum Gasteiger partial charge on any atom is -0.493 e. The molecule has 1 saturated carbocycles. The van der Waals surface area contributed by atoms with Crippen LogP contribution in [0.5, 0.6) is 5.75 Å². The van der Waals surface area contributed by atoms with Gasteiger partial charge < -0.3 is 19.5 Å². The van der Waals surface area contributed by atoms with E-state index in [0.29, 0.717) is 12.0 Å². The van der Waals surface area contributed by atoms with Crippen molar-refractivity contribution in [3.05, 3.63) is 54.1 Å². The summed E-state index contributed by atoms with van der Waals surface area (Å²) in [6.45, 7) is 5.97. The van der Waals surface area contributed by atoms with Crippen molar-refractivity contribution in [1.29, 1.82) is 0 Å². The summed E-state index contributed by atoms with van der Waals surface area (Å²) in [5.41, 5.74) is 2.19. The summed E-state index contributed by atoms with van der Waals surface area (Å²) in [5, 5.41) is 9.08. The van der Waals surface area contributed by atoms with E-state index in [1.165, 1.54) is 31.2 Å². The third kappa shape index (κ3) is 4.34. The minimum atomic E-state index is 0.590. The third-order valence-electron chi connectivity index (χ3n) is 7.22. The molecule has 0 unspecified atom stereocenters. The maximum absolute atomic E-state index is 6.23. The molecule has 6 nitrogen and oxygen atoms in total. The molecule has 0 radical (unpaired) electrons. The van der Waals surface area contributed by atoms with Crippen LogP contribution in [-0.2, 0) is 6.54 Å². The lowest BCUT2D eigenvalue weighted by atomic mass is 9.91. The summed E-state index contributed by atoms with van der Waals surface area (Å²) < 4.78 is 11.8. The van der Waals surface area contributed by atoms with Crippen LogP contribution in [0.4, 0.5) is 5.82 Å². The van der Waals surface area contributed by atoms with Crippen molar-refractivity contribution in [1.82, 2.24) is 15.4 Å². The van der Waals surface area contributed by atoms with Crippen LogP contribution in [0.1, 0.15) is 31.2 Å². The number of piperidine rings is 1. The van der Waals surface area contributed by atoms with Gasteiger partial charge in [-0.15, -0.1) is 0 Å². The second-order valence-corrected chi connectivity index (χ2v) is 9.65. The molecular formula is C26H32N4O2. The van der Waals surface area contributed by atoms with Crippen molar-refractivity contribution in [3.8, 4) is 5.75 Å². The maximum Gasteiger partial charge on any atom is 0.180 e. The average molecular weight is 433 g/mol. The van der Waals surface area contributed by atoms with Gasteiger partial charge in [-0.2, -0.15) is 0 Å². The van der Waals surface area contributed by atoms with Gasteiger partial charge in [-0.3, -0.25) is 4.90 Å². The standard InChI is InChI=1S/C26H32N4O2/c1-2-7-25-24(6-1)26(28-32-25)30-13-12-29-16-20(8-11-22(29)17-30)18-31-23-5-3-4-19(14-23)15-27-21-9-10-21/h1-7,14,20-22,27H,8-13,15-18H2/t20-,22+/m1/s1. The van der Waals surface area contributed by atoms with Crippen molar-refractivity contribution in [2.75, 3.05) is 37.7 Å². The van der Waals surface area contributed by atoms with Crippen LogP contribution in [0.2, 0.25) is 0 Å². The highest BCUT2D eigenvalue weighted by Gasteiger charge is 2.34. The Morgan fingerprint density at radius 3 is 2.88 bits per heavy atom. The van der Waals surface area contributed by atoms with E-state index in [4.69, 9.17) is 9.26 Å². The minimum absolute atomic E-state index is 0.590. The zero-order valence-corrected chi connectivity index (χ0v) is 18.6. The van der Waals surface area contributed by atoms with Gasteiger partial charge in [0.1, 0.15) is 5.75 Å². The van der Waals surface area contributed by atoms with Crippen LogP contribution in [-0.4, -0.2) is 54.9 Å². The molecule has 6 heteroatoms. The number of hydrogen-bond acceptors (Lipinski definition) is 6. The Kier molecular flexibility index (Phi) is 5.49. The highest BCUT2D eigenvalue weighted by Crippen LogP contribution is 2.31. The Morgan fingerprint density at radius 1 is 1.00 bits per heavy atom. The second kappa shape index (κ2) is 8.75. The van der Waals surface area contributed by atoms with Gasteiger partial charge in [0.15, 0.2) is 11.4 Å². The smallest absolute Gasteiger partial charge is 0.180 e. The zero-order valence-electron chi connectivity index (χ0n) is 18.6. The number of anilines is 1. The SMILES string of the molecule is c1cc(CNC2CC2)cc(OC[C@@H]2CC[C@H]3CN(c4noc5ccccc45)CCN3C2)c1. The predicted molar refractivity (Wildman–Crippen MR) is 126 cm³/mol. The van der Waals surface area contributed by atoms with Crippen molar-refractivity contribution < 1.29 is 9.26 Å². The van der Waals surface area contributed by atoms with Gasteiger partial charge in [0.2, 0.25) is 0 Å². The van der Waals surface area contributed by atoms with Crippen LogP contribution >= 0.6 is 0 Å². The number of rotatable bonds is 7. The van der Waals surface area contributed by atoms with Crippen LogP contribution in [0.15, 0.2) is 53.1 Å². The first-order valence-electron chi connectivity index (χ1n) is 12.1. The number of hydrogen-bond donors (Lipinski definition) is 1. The average Bonchev–Trinajstić information content (AvgIpc) is 3.58.